The fourth-order valence-electron chi connectivity index (χ4n) is 5.08. The minimum Gasteiger partial charge on any atom is -0.311 e. The number of nitrogens with zero attached hydrogens (tertiary/aromatic N) is 2. The van der Waals surface area contributed by atoms with Crippen molar-refractivity contribution in [1.29, 1.82) is 0 Å². The molecule has 0 aromatic heterocycles. The van der Waals surface area contributed by atoms with Gasteiger partial charge in [0, 0.05) is 34.1 Å². The first-order valence-corrected chi connectivity index (χ1v) is 14.7. The minimum atomic E-state index is -0.0662. The molecule has 3 heteroatoms. The van der Waals surface area contributed by atoms with E-state index in [9.17, 15) is 4.79 Å². The van der Waals surface area contributed by atoms with Crippen LogP contribution in [0.3, 0.4) is 0 Å². The normalized spacial score (nSPS) is 11.1. The molecule has 0 amide bonds. The maximum atomic E-state index is 12.7. The third-order valence-electron chi connectivity index (χ3n) is 7.24. The molecule has 6 rings (SSSR count). The second-order valence-electron chi connectivity index (χ2n) is 10.3. The van der Waals surface area contributed by atoms with Crippen molar-refractivity contribution in [2.75, 3.05) is 9.80 Å². The Morgan fingerprint density at radius 3 is 0.864 bits per heavy atom. The summed E-state index contributed by atoms with van der Waals surface area (Å²) in [6.45, 7) is 0. The molecule has 0 radical (unpaired) electrons. The Hall–Kier alpha value is -5.93. The number of hydrogen-bond acceptors (Lipinski definition) is 3. The number of ketones is 1. The second kappa shape index (κ2) is 13.8. The number of carbonyl (C=O) groups is 1. The van der Waals surface area contributed by atoms with Gasteiger partial charge in [-0.2, -0.15) is 0 Å². The zero-order valence-corrected chi connectivity index (χ0v) is 24.3. The number of benzene rings is 6. The largest absolute Gasteiger partial charge is 0.311 e. The molecule has 212 valence electrons. The van der Waals surface area contributed by atoms with Crippen LogP contribution in [0.2, 0.25) is 0 Å². The molecule has 0 aliphatic carbocycles. The van der Waals surface area contributed by atoms with Crippen molar-refractivity contribution in [3.05, 3.63) is 193 Å². The molecular formula is C41H32N2O. The first-order valence-electron chi connectivity index (χ1n) is 14.7. The second-order valence-corrected chi connectivity index (χ2v) is 10.3. The number of para-hydroxylation sites is 4. The van der Waals surface area contributed by atoms with Crippen LogP contribution >= 0.6 is 0 Å². The van der Waals surface area contributed by atoms with Gasteiger partial charge in [0.1, 0.15) is 0 Å². The summed E-state index contributed by atoms with van der Waals surface area (Å²) in [5.74, 6) is -0.0662. The molecular weight excluding hydrogens is 536 g/mol. The molecule has 0 aliphatic rings. The molecule has 6 aromatic carbocycles. The highest BCUT2D eigenvalue weighted by Crippen LogP contribution is 2.35. The summed E-state index contributed by atoms with van der Waals surface area (Å²) in [6, 6.07) is 57.7. The van der Waals surface area contributed by atoms with Crippen LogP contribution in [0.15, 0.2) is 182 Å². The Morgan fingerprint density at radius 1 is 0.341 bits per heavy atom. The average molecular weight is 569 g/mol. The predicted octanol–water partition coefficient (Wildman–Crippen LogP) is 10.9. The number of anilines is 6. The topological polar surface area (TPSA) is 23.6 Å². The quantitative estimate of drug-likeness (QED) is 0.154. The summed E-state index contributed by atoms with van der Waals surface area (Å²) >= 11 is 0. The number of carbonyl (C=O) groups excluding carboxylic acids is 1. The molecule has 44 heavy (non-hydrogen) atoms. The Kier molecular flexibility index (Phi) is 8.86. The first kappa shape index (κ1) is 28.2. The number of allylic oxidation sites excluding steroid dienone is 2. The highest BCUT2D eigenvalue weighted by atomic mass is 16.1. The molecule has 6 aromatic rings. The zero-order chi connectivity index (χ0) is 30.0. The third kappa shape index (κ3) is 6.92. The average Bonchev–Trinajstić information content (AvgIpc) is 3.10. The van der Waals surface area contributed by atoms with Crippen LogP contribution in [0.25, 0.3) is 12.2 Å². The van der Waals surface area contributed by atoms with Gasteiger partial charge < -0.3 is 9.80 Å². The maximum absolute atomic E-state index is 12.7. The van der Waals surface area contributed by atoms with Gasteiger partial charge in [-0.25, -0.2) is 0 Å². The van der Waals surface area contributed by atoms with E-state index in [0.717, 1.165) is 45.3 Å². The van der Waals surface area contributed by atoms with Crippen molar-refractivity contribution in [2.24, 2.45) is 0 Å². The van der Waals surface area contributed by atoms with Gasteiger partial charge in [-0.15, -0.1) is 0 Å². The summed E-state index contributed by atoms with van der Waals surface area (Å²) in [4.78, 5) is 17.1. The summed E-state index contributed by atoms with van der Waals surface area (Å²) in [5, 5.41) is 0. The van der Waals surface area contributed by atoms with Gasteiger partial charge >= 0.3 is 0 Å². The highest BCUT2D eigenvalue weighted by molar-refractivity contribution is 6.04. The molecule has 0 aliphatic heterocycles. The van der Waals surface area contributed by atoms with Crippen LogP contribution < -0.4 is 9.80 Å². The Labute approximate surface area is 259 Å². The minimum absolute atomic E-state index is 0.0662. The molecule has 3 nitrogen and oxygen atoms in total. The van der Waals surface area contributed by atoms with E-state index >= 15 is 0 Å². The molecule has 0 fully saturated rings. The lowest BCUT2D eigenvalue weighted by atomic mass is 10.1. The van der Waals surface area contributed by atoms with Gasteiger partial charge in [0.15, 0.2) is 5.78 Å². The Morgan fingerprint density at radius 2 is 0.591 bits per heavy atom. The van der Waals surface area contributed by atoms with E-state index in [4.69, 9.17) is 0 Å². The fourth-order valence-corrected chi connectivity index (χ4v) is 5.08. The Balaban J connectivity index is 1.13. The van der Waals surface area contributed by atoms with Crippen molar-refractivity contribution >= 4 is 52.1 Å². The lowest BCUT2D eigenvalue weighted by Gasteiger charge is -2.25. The van der Waals surface area contributed by atoms with Gasteiger partial charge in [-0.05, 0) is 96.1 Å². The molecule has 0 saturated heterocycles. The summed E-state index contributed by atoms with van der Waals surface area (Å²) < 4.78 is 0. The van der Waals surface area contributed by atoms with Gasteiger partial charge in [-0.1, -0.05) is 109 Å². The number of hydrogen-bond donors (Lipinski definition) is 0. The van der Waals surface area contributed by atoms with Crippen LogP contribution in [0, 0.1) is 0 Å². The molecule has 0 spiro atoms. The first-order chi connectivity index (χ1) is 21.7. The lowest BCUT2D eigenvalue weighted by Crippen LogP contribution is -2.09. The van der Waals surface area contributed by atoms with Crippen molar-refractivity contribution in [1.82, 2.24) is 0 Å². The van der Waals surface area contributed by atoms with Crippen LogP contribution in [-0.2, 0) is 4.79 Å². The van der Waals surface area contributed by atoms with E-state index in [2.05, 4.69) is 82.6 Å². The highest BCUT2D eigenvalue weighted by Gasteiger charge is 2.12. The van der Waals surface area contributed by atoms with E-state index in [-0.39, 0.29) is 5.78 Å². The van der Waals surface area contributed by atoms with E-state index in [1.807, 2.05) is 109 Å². The van der Waals surface area contributed by atoms with E-state index in [1.54, 1.807) is 12.2 Å². The third-order valence-corrected chi connectivity index (χ3v) is 7.24. The van der Waals surface area contributed by atoms with Crippen molar-refractivity contribution < 1.29 is 4.79 Å². The van der Waals surface area contributed by atoms with Gasteiger partial charge in [0.05, 0.1) is 0 Å². The summed E-state index contributed by atoms with van der Waals surface area (Å²) in [7, 11) is 0. The maximum Gasteiger partial charge on any atom is 0.178 e. The van der Waals surface area contributed by atoms with E-state index in [1.165, 1.54) is 0 Å². The van der Waals surface area contributed by atoms with Crippen LogP contribution in [0.1, 0.15) is 11.1 Å². The molecule has 0 atom stereocenters. The fraction of sp³-hybridized carbons (Fsp3) is 0. The van der Waals surface area contributed by atoms with Crippen molar-refractivity contribution in [3.8, 4) is 0 Å². The van der Waals surface area contributed by atoms with Crippen LogP contribution in [0.5, 0.6) is 0 Å². The predicted molar refractivity (Wildman–Crippen MR) is 185 cm³/mol. The van der Waals surface area contributed by atoms with E-state index in [0.29, 0.717) is 0 Å². The van der Waals surface area contributed by atoms with E-state index < -0.39 is 0 Å². The molecule has 0 saturated carbocycles. The van der Waals surface area contributed by atoms with Gasteiger partial charge in [0.2, 0.25) is 0 Å². The van der Waals surface area contributed by atoms with Gasteiger partial charge in [-0.3, -0.25) is 4.79 Å². The molecule has 0 bridgehead atoms. The summed E-state index contributed by atoms with van der Waals surface area (Å²) in [5.41, 5.74) is 8.36. The number of rotatable bonds is 10. The lowest BCUT2D eigenvalue weighted by molar-refractivity contribution is -0.110. The summed E-state index contributed by atoms with van der Waals surface area (Å²) in [6.07, 6.45) is 6.93. The standard InChI is InChI=1S/C41H32N2O/c44-41(31-25-33-21-27-39(28-22-33)42(35-13-5-1-6-14-35)36-15-7-2-8-16-36)32-26-34-23-29-40(30-24-34)43(37-17-9-3-10-18-37)38-19-11-4-12-20-38/h1-32H/b31-25+,32-26+. The molecule has 0 unspecified atom stereocenters. The van der Waals surface area contributed by atoms with Crippen molar-refractivity contribution in [2.45, 2.75) is 0 Å². The molecule has 0 heterocycles. The zero-order valence-electron chi connectivity index (χ0n) is 24.3. The van der Waals surface area contributed by atoms with Crippen LogP contribution in [0.4, 0.5) is 34.1 Å². The smallest absolute Gasteiger partial charge is 0.178 e. The van der Waals surface area contributed by atoms with Crippen molar-refractivity contribution in [3.63, 3.8) is 0 Å². The van der Waals surface area contributed by atoms with Crippen LogP contribution in [-0.4, -0.2) is 5.78 Å². The molecule has 0 N–H and O–H groups in total. The monoisotopic (exact) mass is 568 g/mol. The Bertz CT molecular complexity index is 1610. The SMILES string of the molecule is O=C(/C=C/c1ccc(N(c2ccccc2)c2ccccc2)cc1)/C=C/c1ccc(N(c2ccccc2)c2ccccc2)cc1. The van der Waals surface area contributed by atoms with Gasteiger partial charge in [0.25, 0.3) is 0 Å².